The Morgan fingerprint density at radius 3 is 2.56 bits per heavy atom. The normalized spacial score (nSPS) is 10.6. The van der Waals surface area contributed by atoms with Crippen molar-refractivity contribution in [3.8, 4) is 0 Å². The van der Waals surface area contributed by atoms with Gasteiger partial charge in [0.05, 0.1) is 13.0 Å². The predicted molar refractivity (Wildman–Crippen MR) is 92.6 cm³/mol. The van der Waals surface area contributed by atoms with E-state index in [1.54, 1.807) is 0 Å². The highest BCUT2D eigenvalue weighted by Gasteiger charge is 2.08. The van der Waals surface area contributed by atoms with E-state index in [-0.39, 0.29) is 18.2 Å². The van der Waals surface area contributed by atoms with Crippen molar-refractivity contribution in [2.24, 2.45) is 0 Å². The number of benzene rings is 1. The number of nitrogens with one attached hydrogen (secondary N) is 2. The monoisotopic (exact) mass is 337 g/mol. The van der Waals surface area contributed by atoms with Crippen molar-refractivity contribution in [1.82, 2.24) is 25.2 Å². The topological polar surface area (TPSA) is 88.4 Å². The van der Waals surface area contributed by atoms with Gasteiger partial charge >= 0.3 is 0 Å². The van der Waals surface area contributed by atoms with Crippen LogP contribution in [-0.2, 0) is 22.6 Å². The van der Waals surface area contributed by atoms with Crippen LogP contribution in [0.3, 0.4) is 0 Å². The highest BCUT2D eigenvalue weighted by Crippen LogP contribution is 2.02. The maximum absolute atomic E-state index is 11.9. The summed E-state index contributed by atoms with van der Waals surface area (Å²) in [5.74, 6) is 0.423. The second kappa shape index (κ2) is 8.05. The second-order valence-corrected chi connectivity index (χ2v) is 5.58. The van der Waals surface area contributed by atoms with Gasteiger partial charge in [0.25, 0.3) is 0 Å². The van der Waals surface area contributed by atoms with Crippen LogP contribution in [0.25, 0.3) is 5.65 Å². The lowest BCUT2D eigenvalue weighted by Crippen LogP contribution is -2.31. The van der Waals surface area contributed by atoms with Crippen molar-refractivity contribution in [1.29, 1.82) is 0 Å². The lowest BCUT2D eigenvalue weighted by Gasteiger charge is -2.06. The molecule has 25 heavy (non-hydrogen) atoms. The molecule has 0 radical (unpaired) electrons. The molecule has 0 aliphatic rings. The first kappa shape index (κ1) is 16.6. The fraction of sp³-hybridized carbons (Fsp3) is 0.222. The van der Waals surface area contributed by atoms with Crippen molar-refractivity contribution in [3.05, 3.63) is 66.1 Å². The van der Waals surface area contributed by atoms with Crippen LogP contribution >= 0.6 is 0 Å². The number of amides is 2. The molecule has 0 fully saturated rings. The maximum atomic E-state index is 11.9. The number of pyridine rings is 1. The number of carbonyl (C=O) groups is 2. The van der Waals surface area contributed by atoms with Crippen LogP contribution < -0.4 is 10.6 Å². The molecule has 2 amide bonds. The zero-order valence-electron chi connectivity index (χ0n) is 13.7. The minimum atomic E-state index is -0.146. The molecule has 128 valence electrons. The Hall–Kier alpha value is -3.22. The molecule has 2 heterocycles. The molecule has 7 nitrogen and oxygen atoms in total. The van der Waals surface area contributed by atoms with Gasteiger partial charge in [-0.05, 0) is 17.7 Å². The molecular formula is C18H19N5O2. The number of aromatic nitrogens is 3. The van der Waals surface area contributed by atoms with Crippen molar-refractivity contribution in [2.75, 3.05) is 6.54 Å². The Balaban J connectivity index is 1.39. The van der Waals surface area contributed by atoms with E-state index in [0.717, 1.165) is 11.2 Å². The van der Waals surface area contributed by atoms with Crippen LogP contribution in [0.2, 0.25) is 0 Å². The molecule has 0 atom stereocenters. The van der Waals surface area contributed by atoms with E-state index in [9.17, 15) is 9.59 Å². The molecule has 0 aliphatic heterocycles. The fourth-order valence-corrected chi connectivity index (χ4v) is 2.44. The minimum Gasteiger partial charge on any atom is -0.355 e. The standard InChI is InChI=1S/C18H19N5O2/c24-17(9-10-19-18(25)12-14-6-2-1-3-7-14)20-13-16-22-21-15-8-4-5-11-23(15)16/h1-8,11H,9-10,12-13H2,(H,19,25)(H,20,24). The van der Waals surface area contributed by atoms with Crippen LogP contribution in [0.5, 0.6) is 0 Å². The van der Waals surface area contributed by atoms with E-state index in [4.69, 9.17) is 0 Å². The van der Waals surface area contributed by atoms with E-state index < -0.39 is 0 Å². The van der Waals surface area contributed by atoms with Gasteiger partial charge < -0.3 is 10.6 Å². The van der Waals surface area contributed by atoms with Gasteiger partial charge in [-0.15, -0.1) is 10.2 Å². The fourth-order valence-electron chi connectivity index (χ4n) is 2.44. The van der Waals surface area contributed by atoms with Gasteiger partial charge in [0.2, 0.25) is 11.8 Å². The third-order valence-electron chi connectivity index (χ3n) is 3.71. The number of hydrogen-bond acceptors (Lipinski definition) is 4. The molecular weight excluding hydrogens is 318 g/mol. The van der Waals surface area contributed by atoms with Crippen molar-refractivity contribution in [3.63, 3.8) is 0 Å². The summed E-state index contributed by atoms with van der Waals surface area (Å²) in [6.45, 7) is 0.597. The molecule has 2 aromatic heterocycles. The van der Waals surface area contributed by atoms with Gasteiger partial charge in [-0.1, -0.05) is 36.4 Å². The van der Waals surface area contributed by atoms with Crippen LogP contribution in [0.4, 0.5) is 0 Å². The molecule has 0 saturated heterocycles. The summed E-state index contributed by atoms with van der Waals surface area (Å²) in [4.78, 5) is 23.7. The Labute approximate surface area is 145 Å². The van der Waals surface area contributed by atoms with Gasteiger partial charge in [0, 0.05) is 19.2 Å². The van der Waals surface area contributed by atoms with Crippen LogP contribution in [-0.4, -0.2) is 33.0 Å². The van der Waals surface area contributed by atoms with Crippen LogP contribution in [0.15, 0.2) is 54.7 Å². The SMILES string of the molecule is O=C(CCNC(=O)Cc1ccccc1)NCc1nnc2ccccn12. The minimum absolute atomic E-state index is 0.0950. The van der Waals surface area contributed by atoms with Crippen LogP contribution in [0.1, 0.15) is 17.8 Å². The summed E-state index contributed by atoms with van der Waals surface area (Å²) in [5, 5.41) is 13.6. The Bertz CT molecular complexity index is 860. The van der Waals surface area contributed by atoms with Gasteiger partial charge in [-0.3, -0.25) is 14.0 Å². The van der Waals surface area contributed by atoms with E-state index in [1.165, 1.54) is 0 Å². The maximum Gasteiger partial charge on any atom is 0.224 e. The van der Waals surface area contributed by atoms with E-state index >= 15 is 0 Å². The average molecular weight is 337 g/mol. The van der Waals surface area contributed by atoms with E-state index in [1.807, 2.05) is 59.1 Å². The molecule has 3 aromatic rings. The van der Waals surface area contributed by atoms with Crippen molar-refractivity contribution < 1.29 is 9.59 Å². The molecule has 0 spiro atoms. The number of rotatable bonds is 7. The highest BCUT2D eigenvalue weighted by atomic mass is 16.2. The lowest BCUT2D eigenvalue weighted by molar-refractivity contribution is -0.122. The summed E-state index contributed by atoms with van der Waals surface area (Å²) in [5.41, 5.74) is 1.68. The lowest BCUT2D eigenvalue weighted by atomic mass is 10.1. The number of fused-ring (bicyclic) bond motifs is 1. The number of hydrogen-bond donors (Lipinski definition) is 2. The molecule has 2 N–H and O–H groups in total. The molecule has 7 heteroatoms. The van der Waals surface area contributed by atoms with Gasteiger partial charge in [-0.2, -0.15) is 0 Å². The Kier molecular flexibility index (Phi) is 5.36. The van der Waals surface area contributed by atoms with Crippen molar-refractivity contribution in [2.45, 2.75) is 19.4 Å². The predicted octanol–water partition coefficient (Wildman–Crippen LogP) is 1.09. The van der Waals surface area contributed by atoms with Gasteiger partial charge in [0.15, 0.2) is 11.5 Å². The van der Waals surface area contributed by atoms with Crippen molar-refractivity contribution >= 4 is 17.5 Å². The molecule has 3 rings (SSSR count). The number of carbonyl (C=O) groups excluding carboxylic acids is 2. The second-order valence-electron chi connectivity index (χ2n) is 5.58. The molecule has 0 aliphatic carbocycles. The molecule has 0 bridgehead atoms. The zero-order valence-corrected chi connectivity index (χ0v) is 13.7. The highest BCUT2D eigenvalue weighted by molar-refractivity contribution is 5.80. The first-order chi connectivity index (χ1) is 12.2. The summed E-state index contributed by atoms with van der Waals surface area (Å²) < 4.78 is 1.82. The molecule has 1 aromatic carbocycles. The zero-order chi connectivity index (χ0) is 17.5. The Morgan fingerprint density at radius 1 is 0.920 bits per heavy atom. The van der Waals surface area contributed by atoms with E-state index in [2.05, 4.69) is 20.8 Å². The summed E-state index contributed by atoms with van der Waals surface area (Å²) >= 11 is 0. The molecule has 0 saturated carbocycles. The third kappa shape index (κ3) is 4.63. The largest absolute Gasteiger partial charge is 0.355 e. The average Bonchev–Trinajstić information content (AvgIpc) is 3.04. The van der Waals surface area contributed by atoms with Gasteiger partial charge in [0.1, 0.15) is 0 Å². The molecule has 0 unspecified atom stereocenters. The number of nitrogens with zero attached hydrogens (tertiary/aromatic N) is 3. The smallest absolute Gasteiger partial charge is 0.224 e. The van der Waals surface area contributed by atoms with Crippen LogP contribution in [0, 0.1) is 0 Å². The summed E-state index contributed by atoms with van der Waals surface area (Å²) in [6, 6.07) is 15.1. The Morgan fingerprint density at radius 2 is 1.72 bits per heavy atom. The third-order valence-corrected chi connectivity index (χ3v) is 3.71. The summed E-state index contributed by atoms with van der Waals surface area (Å²) in [7, 11) is 0. The summed E-state index contributed by atoms with van der Waals surface area (Å²) in [6.07, 6.45) is 2.38. The first-order valence-corrected chi connectivity index (χ1v) is 8.08. The van der Waals surface area contributed by atoms with Gasteiger partial charge in [-0.25, -0.2) is 0 Å². The quantitative estimate of drug-likeness (QED) is 0.676. The first-order valence-electron chi connectivity index (χ1n) is 8.08. The van der Waals surface area contributed by atoms with E-state index in [0.29, 0.717) is 25.3 Å².